The summed E-state index contributed by atoms with van der Waals surface area (Å²) >= 11 is 0. The normalized spacial score (nSPS) is 12.1. The number of hydrogen-bond acceptors (Lipinski definition) is 1. The molecule has 0 amide bonds. The first kappa shape index (κ1) is 9.46. The summed E-state index contributed by atoms with van der Waals surface area (Å²) in [6.45, 7) is 0. The number of nitrogens with zero attached hydrogens (tertiary/aromatic N) is 1. The highest BCUT2D eigenvalue weighted by atomic mass is 15.1. The molecule has 0 fully saturated rings. The molecule has 0 aromatic heterocycles. The standard InChI is InChI=1S/C15H15N/c1-16(2)13-8-7-12-9-11-5-3-4-6-14(11)15(12)10-13/h3-8,10H,9H2,1-2H3. The van der Waals surface area contributed by atoms with Gasteiger partial charge in [0.15, 0.2) is 0 Å². The Bertz CT molecular complexity index is 541. The zero-order chi connectivity index (χ0) is 11.1. The van der Waals surface area contributed by atoms with Crippen molar-refractivity contribution in [2.75, 3.05) is 19.0 Å². The molecule has 0 atom stereocenters. The van der Waals surface area contributed by atoms with Gasteiger partial charge in [-0.1, -0.05) is 30.3 Å². The third kappa shape index (κ3) is 1.32. The van der Waals surface area contributed by atoms with Crippen molar-refractivity contribution < 1.29 is 0 Å². The lowest BCUT2D eigenvalue weighted by atomic mass is 10.1. The van der Waals surface area contributed by atoms with Gasteiger partial charge in [-0.25, -0.2) is 0 Å². The summed E-state index contributed by atoms with van der Waals surface area (Å²) in [5, 5.41) is 0. The summed E-state index contributed by atoms with van der Waals surface area (Å²) < 4.78 is 0. The van der Waals surface area contributed by atoms with Gasteiger partial charge in [-0.15, -0.1) is 0 Å². The molecule has 2 aromatic rings. The van der Waals surface area contributed by atoms with E-state index >= 15 is 0 Å². The summed E-state index contributed by atoms with van der Waals surface area (Å²) in [5.41, 5.74) is 6.98. The Hall–Kier alpha value is -1.76. The van der Waals surface area contributed by atoms with E-state index in [1.165, 1.54) is 27.9 Å². The maximum absolute atomic E-state index is 2.29. The first-order chi connectivity index (χ1) is 7.75. The minimum atomic E-state index is 1.08. The molecular weight excluding hydrogens is 194 g/mol. The van der Waals surface area contributed by atoms with Crippen LogP contribution < -0.4 is 4.90 Å². The molecule has 0 saturated heterocycles. The molecule has 1 nitrogen and oxygen atoms in total. The van der Waals surface area contributed by atoms with Gasteiger partial charge in [0.1, 0.15) is 0 Å². The summed E-state index contributed by atoms with van der Waals surface area (Å²) in [4.78, 5) is 2.15. The van der Waals surface area contributed by atoms with Crippen molar-refractivity contribution in [2.45, 2.75) is 6.42 Å². The van der Waals surface area contributed by atoms with Gasteiger partial charge < -0.3 is 4.90 Å². The van der Waals surface area contributed by atoms with Gasteiger partial charge in [0, 0.05) is 19.8 Å². The molecule has 1 aliphatic carbocycles. The van der Waals surface area contributed by atoms with Crippen molar-refractivity contribution in [1.29, 1.82) is 0 Å². The molecule has 0 unspecified atom stereocenters. The lowest BCUT2D eigenvalue weighted by molar-refractivity contribution is 1.13. The van der Waals surface area contributed by atoms with Crippen molar-refractivity contribution in [1.82, 2.24) is 0 Å². The highest BCUT2D eigenvalue weighted by Gasteiger charge is 2.17. The minimum absolute atomic E-state index is 1.08. The van der Waals surface area contributed by atoms with Crippen LogP contribution in [0.1, 0.15) is 11.1 Å². The summed E-state index contributed by atoms with van der Waals surface area (Å²) in [5.74, 6) is 0. The number of fused-ring (bicyclic) bond motifs is 3. The first-order valence-corrected chi connectivity index (χ1v) is 5.64. The SMILES string of the molecule is CN(C)c1ccc2c(c1)-c1ccccc1C2. The third-order valence-corrected chi connectivity index (χ3v) is 3.30. The number of hydrogen-bond donors (Lipinski definition) is 0. The summed E-state index contributed by atoms with van der Waals surface area (Å²) in [6.07, 6.45) is 1.08. The highest BCUT2D eigenvalue weighted by Crippen LogP contribution is 2.38. The molecule has 3 rings (SSSR count). The van der Waals surface area contributed by atoms with Crippen LogP contribution in [0.5, 0.6) is 0 Å². The van der Waals surface area contributed by atoms with Gasteiger partial charge in [-0.2, -0.15) is 0 Å². The van der Waals surface area contributed by atoms with Crippen LogP contribution >= 0.6 is 0 Å². The van der Waals surface area contributed by atoms with Gasteiger partial charge in [-0.3, -0.25) is 0 Å². The summed E-state index contributed by atoms with van der Waals surface area (Å²) in [7, 11) is 4.17. The lowest BCUT2D eigenvalue weighted by Crippen LogP contribution is -2.08. The second-order valence-electron chi connectivity index (χ2n) is 4.57. The Morgan fingerprint density at radius 2 is 1.62 bits per heavy atom. The van der Waals surface area contributed by atoms with Crippen LogP contribution in [0.4, 0.5) is 5.69 Å². The van der Waals surface area contributed by atoms with Crippen molar-refractivity contribution in [3.8, 4) is 11.1 Å². The summed E-state index contributed by atoms with van der Waals surface area (Å²) in [6, 6.07) is 15.4. The molecule has 2 aromatic carbocycles. The predicted molar refractivity (Wildman–Crippen MR) is 69.0 cm³/mol. The van der Waals surface area contributed by atoms with E-state index in [4.69, 9.17) is 0 Å². The number of anilines is 1. The Kier molecular flexibility index (Phi) is 2.00. The van der Waals surface area contributed by atoms with Crippen molar-refractivity contribution in [3.63, 3.8) is 0 Å². The molecule has 0 heterocycles. The second-order valence-corrected chi connectivity index (χ2v) is 4.57. The van der Waals surface area contributed by atoms with Gasteiger partial charge in [0.25, 0.3) is 0 Å². The van der Waals surface area contributed by atoms with Gasteiger partial charge in [0.05, 0.1) is 0 Å². The fraction of sp³-hybridized carbons (Fsp3) is 0.200. The quantitative estimate of drug-likeness (QED) is 0.594. The van der Waals surface area contributed by atoms with Crippen molar-refractivity contribution in [3.05, 3.63) is 53.6 Å². The zero-order valence-electron chi connectivity index (χ0n) is 9.70. The topological polar surface area (TPSA) is 3.24 Å². The van der Waals surface area contributed by atoms with E-state index in [9.17, 15) is 0 Å². The van der Waals surface area contributed by atoms with Crippen LogP contribution in [0, 0.1) is 0 Å². The largest absolute Gasteiger partial charge is 0.378 e. The van der Waals surface area contributed by atoms with Crippen LogP contribution in [0.2, 0.25) is 0 Å². The number of rotatable bonds is 1. The highest BCUT2D eigenvalue weighted by molar-refractivity contribution is 5.79. The van der Waals surface area contributed by atoms with Gasteiger partial charge >= 0.3 is 0 Å². The van der Waals surface area contributed by atoms with E-state index in [0.717, 1.165) is 6.42 Å². The molecule has 1 heteroatoms. The molecule has 0 spiro atoms. The van der Waals surface area contributed by atoms with Gasteiger partial charge in [-0.05, 0) is 40.8 Å². The zero-order valence-corrected chi connectivity index (χ0v) is 9.70. The van der Waals surface area contributed by atoms with Crippen LogP contribution in [-0.4, -0.2) is 14.1 Å². The molecule has 0 bridgehead atoms. The first-order valence-electron chi connectivity index (χ1n) is 5.64. The van der Waals surface area contributed by atoms with E-state index in [1.807, 2.05) is 0 Å². The van der Waals surface area contributed by atoms with Gasteiger partial charge in [0.2, 0.25) is 0 Å². The molecular formula is C15H15N. The molecule has 16 heavy (non-hydrogen) atoms. The maximum Gasteiger partial charge on any atom is 0.0367 e. The minimum Gasteiger partial charge on any atom is -0.378 e. The third-order valence-electron chi connectivity index (χ3n) is 3.30. The van der Waals surface area contributed by atoms with Crippen LogP contribution in [0.25, 0.3) is 11.1 Å². The average Bonchev–Trinajstić information content (AvgIpc) is 2.66. The Morgan fingerprint density at radius 1 is 0.875 bits per heavy atom. The predicted octanol–water partition coefficient (Wildman–Crippen LogP) is 3.32. The van der Waals surface area contributed by atoms with Crippen molar-refractivity contribution in [2.24, 2.45) is 0 Å². The molecule has 0 N–H and O–H groups in total. The maximum atomic E-state index is 2.29. The average molecular weight is 209 g/mol. The van der Waals surface area contributed by atoms with Crippen LogP contribution in [0.15, 0.2) is 42.5 Å². The molecule has 0 radical (unpaired) electrons. The molecule has 80 valence electrons. The smallest absolute Gasteiger partial charge is 0.0367 e. The Balaban J connectivity index is 2.18. The number of benzene rings is 2. The molecule has 1 aliphatic rings. The van der Waals surface area contributed by atoms with E-state index in [1.54, 1.807) is 0 Å². The molecule has 0 saturated carbocycles. The van der Waals surface area contributed by atoms with Crippen molar-refractivity contribution >= 4 is 5.69 Å². The van der Waals surface area contributed by atoms with E-state index in [0.29, 0.717) is 0 Å². The fourth-order valence-electron chi connectivity index (χ4n) is 2.39. The van der Waals surface area contributed by atoms with Crippen LogP contribution in [0.3, 0.4) is 0 Å². The monoisotopic (exact) mass is 209 g/mol. The van der Waals surface area contributed by atoms with E-state index in [-0.39, 0.29) is 0 Å². The van der Waals surface area contributed by atoms with Crippen LogP contribution in [-0.2, 0) is 6.42 Å². The van der Waals surface area contributed by atoms with E-state index < -0.39 is 0 Å². The molecule has 0 aliphatic heterocycles. The van der Waals surface area contributed by atoms with E-state index in [2.05, 4.69) is 61.5 Å². The second kappa shape index (κ2) is 3.38. The Labute approximate surface area is 96.3 Å². The fourth-order valence-corrected chi connectivity index (χ4v) is 2.39. The lowest BCUT2D eigenvalue weighted by Gasteiger charge is -2.13. The Morgan fingerprint density at radius 3 is 2.44 bits per heavy atom.